The molecular weight excluding hydrogens is 295 g/mol. The summed E-state index contributed by atoms with van der Waals surface area (Å²) in [5.41, 5.74) is 0.994. The minimum atomic E-state index is -1.39. The van der Waals surface area contributed by atoms with E-state index in [0.29, 0.717) is 5.02 Å². The van der Waals surface area contributed by atoms with E-state index in [1.54, 1.807) is 13.0 Å². The molecule has 0 saturated carbocycles. The lowest BCUT2D eigenvalue weighted by atomic mass is 10.2. The summed E-state index contributed by atoms with van der Waals surface area (Å²) < 4.78 is 0. The van der Waals surface area contributed by atoms with Gasteiger partial charge in [-0.15, -0.1) is 0 Å². The van der Waals surface area contributed by atoms with Crippen LogP contribution in [0.5, 0.6) is 0 Å². The molecule has 0 aliphatic carbocycles. The van der Waals surface area contributed by atoms with Crippen molar-refractivity contribution in [3.8, 4) is 0 Å². The number of aliphatic hydroxyl groups excluding tert-OH is 1. The Bertz CT molecular complexity index is 508. The highest BCUT2D eigenvalue weighted by Crippen LogP contribution is 2.28. The number of carboxylic acid groups (broad SMARTS) is 1. The highest BCUT2D eigenvalue weighted by atomic mass is 35.5. The largest absolute Gasteiger partial charge is 0.480 e. The van der Waals surface area contributed by atoms with Crippen molar-refractivity contribution in [2.45, 2.75) is 13.0 Å². The second kappa shape index (κ2) is 6.60. The molecule has 0 heterocycles. The Morgan fingerprint density at radius 2 is 1.95 bits per heavy atom. The number of hydrogen-bond acceptors (Lipinski definition) is 3. The highest BCUT2D eigenvalue weighted by molar-refractivity contribution is 6.36. The van der Waals surface area contributed by atoms with Gasteiger partial charge in [-0.2, -0.15) is 0 Å². The van der Waals surface area contributed by atoms with Crippen LogP contribution in [0.15, 0.2) is 12.1 Å². The summed E-state index contributed by atoms with van der Waals surface area (Å²) in [6.07, 6.45) is 0. The summed E-state index contributed by atoms with van der Waals surface area (Å²) in [7, 11) is 0. The van der Waals surface area contributed by atoms with Gasteiger partial charge in [-0.25, -0.2) is 9.59 Å². The normalized spacial score (nSPS) is 11.8. The Hall–Kier alpha value is -1.50. The molecule has 0 unspecified atom stereocenters. The second-order valence-corrected chi connectivity index (χ2v) is 4.57. The van der Waals surface area contributed by atoms with Gasteiger partial charge in [0.05, 0.1) is 17.3 Å². The second-order valence-electron chi connectivity index (χ2n) is 3.75. The molecule has 1 rings (SSSR count). The van der Waals surface area contributed by atoms with E-state index in [9.17, 15) is 9.59 Å². The van der Waals surface area contributed by atoms with Gasteiger partial charge in [-0.3, -0.25) is 0 Å². The maximum absolute atomic E-state index is 11.5. The van der Waals surface area contributed by atoms with Crippen molar-refractivity contribution in [1.82, 2.24) is 5.32 Å². The van der Waals surface area contributed by atoms with E-state index in [1.165, 1.54) is 6.07 Å². The van der Waals surface area contributed by atoms with Gasteiger partial charge in [0.15, 0.2) is 6.04 Å². The Morgan fingerprint density at radius 1 is 1.32 bits per heavy atom. The third-order valence-corrected chi connectivity index (χ3v) is 3.00. The molecule has 4 N–H and O–H groups in total. The first-order valence-corrected chi connectivity index (χ1v) is 5.97. The number of aliphatic carboxylic acids is 1. The Balaban J connectivity index is 2.77. The molecule has 0 aliphatic rings. The zero-order valence-electron chi connectivity index (χ0n) is 9.91. The van der Waals surface area contributed by atoms with Crippen LogP contribution in [-0.2, 0) is 4.79 Å². The van der Waals surface area contributed by atoms with Crippen LogP contribution in [-0.4, -0.2) is 34.9 Å². The number of carbonyl (C=O) groups is 2. The van der Waals surface area contributed by atoms with Crippen molar-refractivity contribution in [2.24, 2.45) is 0 Å². The van der Waals surface area contributed by atoms with E-state index in [4.69, 9.17) is 33.4 Å². The van der Waals surface area contributed by atoms with Gasteiger partial charge >= 0.3 is 12.0 Å². The third kappa shape index (κ3) is 4.27. The standard InChI is InChI=1S/C11H12Cl2N2O4/c1-5-2-7(13)8(3-6(5)12)14-11(19)15-9(4-16)10(17)18/h2-3,9,16H,4H2,1H3,(H,17,18)(H2,14,15,19)/t9-/m0/s1. The van der Waals surface area contributed by atoms with Gasteiger partial charge in [-0.1, -0.05) is 23.2 Å². The molecule has 1 aromatic rings. The number of carbonyl (C=O) groups excluding carboxylic acids is 1. The van der Waals surface area contributed by atoms with Gasteiger partial charge in [0.1, 0.15) is 0 Å². The Morgan fingerprint density at radius 3 is 2.47 bits per heavy atom. The van der Waals surface area contributed by atoms with Gasteiger partial charge in [-0.05, 0) is 24.6 Å². The van der Waals surface area contributed by atoms with Crippen molar-refractivity contribution in [3.05, 3.63) is 27.7 Å². The van der Waals surface area contributed by atoms with Crippen LogP contribution in [0, 0.1) is 6.92 Å². The van der Waals surface area contributed by atoms with E-state index in [-0.39, 0.29) is 10.7 Å². The quantitative estimate of drug-likeness (QED) is 0.682. The van der Waals surface area contributed by atoms with Gasteiger partial charge < -0.3 is 20.8 Å². The van der Waals surface area contributed by atoms with Crippen molar-refractivity contribution < 1.29 is 19.8 Å². The molecule has 19 heavy (non-hydrogen) atoms. The lowest BCUT2D eigenvalue weighted by Crippen LogP contribution is -2.45. The van der Waals surface area contributed by atoms with Crippen LogP contribution in [0.2, 0.25) is 10.0 Å². The lowest BCUT2D eigenvalue weighted by Gasteiger charge is -2.14. The fraction of sp³-hybridized carbons (Fsp3) is 0.273. The molecule has 104 valence electrons. The number of urea groups is 1. The van der Waals surface area contributed by atoms with Crippen LogP contribution >= 0.6 is 23.2 Å². The molecule has 2 amide bonds. The highest BCUT2D eigenvalue weighted by Gasteiger charge is 2.19. The molecule has 0 aliphatic heterocycles. The summed E-state index contributed by atoms with van der Waals surface area (Å²) in [5.74, 6) is -1.34. The van der Waals surface area contributed by atoms with Gasteiger partial charge in [0, 0.05) is 5.02 Å². The summed E-state index contributed by atoms with van der Waals surface area (Å²) in [4.78, 5) is 22.2. The van der Waals surface area contributed by atoms with Crippen LogP contribution in [0.1, 0.15) is 5.56 Å². The molecule has 0 aromatic heterocycles. The summed E-state index contributed by atoms with van der Waals surface area (Å²) in [6.45, 7) is 1.04. The molecule has 6 nitrogen and oxygen atoms in total. The van der Waals surface area contributed by atoms with E-state index in [2.05, 4.69) is 10.6 Å². The van der Waals surface area contributed by atoms with Crippen molar-refractivity contribution in [1.29, 1.82) is 0 Å². The molecule has 1 aromatic carbocycles. The SMILES string of the molecule is Cc1cc(Cl)c(NC(=O)N[C@@H](CO)C(=O)O)cc1Cl. The van der Waals surface area contributed by atoms with Crippen molar-refractivity contribution in [2.75, 3.05) is 11.9 Å². The molecule has 0 fully saturated rings. The summed E-state index contributed by atoms with van der Waals surface area (Å²) >= 11 is 11.8. The molecular formula is C11H12Cl2N2O4. The number of rotatable bonds is 4. The first kappa shape index (κ1) is 15.6. The minimum Gasteiger partial charge on any atom is -0.480 e. The third-order valence-electron chi connectivity index (χ3n) is 2.28. The number of aryl methyl sites for hydroxylation is 1. The zero-order chi connectivity index (χ0) is 14.6. The predicted octanol–water partition coefficient (Wildman–Crippen LogP) is 1.87. The number of aliphatic hydroxyl groups is 1. The van der Waals surface area contributed by atoms with Crippen LogP contribution in [0.25, 0.3) is 0 Å². The molecule has 8 heteroatoms. The van der Waals surface area contributed by atoms with E-state index in [1.807, 2.05) is 0 Å². The monoisotopic (exact) mass is 306 g/mol. The van der Waals surface area contributed by atoms with Crippen LogP contribution < -0.4 is 10.6 Å². The Labute approximate surface area is 119 Å². The number of halogens is 2. The maximum Gasteiger partial charge on any atom is 0.328 e. The number of carboxylic acids is 1. The van der Waals surface area contributed by atoms with Gasteiger partial charge in [0.2, 0.25) is 0 Å². The fourth-order valence-corrected chi connectivity index (χ4v) is 1.67. The fourth-order valence-electron chi connectivity index (χ4n) is 1.24. The molecule has 0 radical (unpaired) electrons. The number of anilines is 1. The average Bonchev–Trinajstić information content (AvgIpc) is 2.32. The Kier molecular flexibility index (Phi) is 5.41. The smallest absolute Gasteiger partial charge is 0.328 e. The van der Waals surface area contributed by atoms with Crippen LogP contribution in [0.3, 0.4) is 0 Å². The molecule has 0 saturated heterocycles. The molecule has 0 spiro atoms. The number of hydrogen-bond donors (Lipinski definition) is 4. The summed E-state index contributed by atoms with van der Waals surface area (Å²) in [5, 5.41) is 22.6. The number of nitrogens with one attached hydrogen (secondary N) is 2. The lowest BCUT2D eigenvalue weighted by molar-refractivity contribution is -0.140. The zero-order valence-corrected chi connectivity index (χ0v) is 11.4. The van der Waals surface area contributed by atoms with Crippen LogP contribution in [0.4, 0.5) is 10.5 Å². The topological polar surface area (TPSA) is 98.7 Å². The van der Waals surface area contributed by atoms with Crippen molar-refractivity contribution in [3.63, 3.8) is 0 Å². The van der Waals surface area contributed by atoms with Gasteiger partial charge in [0.25, 0.3) is 0 Å². The first-order chi connectivity index (χ1) is 8.85. The average molecular weight is 307 g/mol. The van der Waals surface area contributed by atoms with Crippen molar-refractivity contribution >= 4 is 40.9 Å². The number of benzene rings is 1. The van der Waals surface area contributed by atoms with E-state index >= 15 is 0 Å². The molecule has 1 atom stereocenters. The van der Waals surface area contributed by atoms with E-state index in [0.717, 1.165) is 5.56 Å². The number of amides is 2. The maximum atomic E-state index is 11.5. The first-order valence-electron chi connectivity index (χ1n) is 5.22. The van der Waals surface area contributed by atoms with E-state index < -0.39 is 24.6 Å². The molecule has 0 bridgehead atoms. The summed E-state index contributed by atoms with van der Waals surface area (Å²) in [6, 6.07) is 0.830. The minimum absolute atomic E-state index is 0.247. The predicted molar refractivity (Wildman–Crippen MR) is 71.9 cm³/mol.